The van der Waals surface area contributed by atoms with E-state index in [2.05, 4.69) is 30.1 Å². The predicted octanol–water partition coefficient (Wildman–Crippen LogP) is 4.03. The van der Waals surface area contributed by atoms with Crippen LogP contribution >= 0.6 is 11.6 Å². The lowest BCUT2D eigenvalue weighted by Gasteiger charge is -2.36. The Morgan fingerprint density at radius 1 is 1.38 bits per heavy atom. The van der Waals surface area contributed by atoms with Gasteiger partial charge >= 0.3 is 0 Å². The van der Waals surface area contributed by atoms with E-state index in [-0.39, 0.29) is 0 Å². The van der Waals surface area contributed by atoms with Crippen molar-refractivity contribution < 1.29 is 4.79 Å². The van der Waals surface area contributed by atoms with Gasteiger partial charge < -0.3 is 16.0 Å². The number of benzene rings is 1. The number of aromatic nitrogens is 1. The number of hydrogen-bond donors (Lipinski definition) is 2. The second kappa shape index (κ2) is 8.03. The number of amidine groups is 1. The number of rotatable bonds is 6. The third-order valence-electron chi connectivity index (χ3n) is 5.77. The van der Waals surface area contributed by atoms with Gasteiger partial charge in [0.25, 0.3) is 0 Å². The third kappa shape index (κ3) is 4.22. The number of anilines is 2. The maximum atomic E-state index is 11.2. The van der Waals surface area contributed by atoms with Crippen LogP contribution in [0, 0.1) is 5.92 Å². The minimum Gasteiger partial charge on any atom is -0.366 e. The Kier molecular flexibility index (Phi) is 5.46. The van der Waals surface area contributed by atoms with Gasteiger partial charge in [-0.05, 0) is 61.4 Å². The number of primary amides is 1. The molecule has 1 aliphatic carbocycles. The topological polar surface area (TPSA) is 83.6 Å². The van der Waals surface area contributed by atoms with Crippen molar-refractivity contribution in [3.8, 4) is 0 Å². The molecular weight excluding hydrogens is 386 g/mol. The average molecular weight is 412 g/mol. The molecule has 29 heavy (non-hydrogen) atoms. The molecule has 1 atom stereocenters. The number of nitrogens with two attached hydrogens (primary N) is 1. The first-order valence-corrected chi connectivity index (χ1v) is 10.5. The van der Waals surface area contributed by atoms with Crippen molar-refractivity contribution in [1.82, 2.24) is 4.98 Å². The number of halogens is 1. The van der Waals surface area contributed by atoms with E-state index in [9.17, 15) is 4.79 Å². The Labute approximate surface area is 176 Å². The molecule has 1 fully saturated rings. The molecule has 2 heterocycles. The summed E-state index contributed by atoms with van der Waals surface area (Å²) in [7, 11) is 0. The van der Waals surface area contributed by atoms with Gasteiger partial charge in [0.1, 0.15) is 11.0 Å². The molecule has 1 aliphatic heterocycles. The molecule has 1 unspecified atom stereocenters. The first-order chi connectivity index (χ1) is 14.0. The van der Waals surface area contributed by atoms with E-state index in [1.807, 2.05) is 12.1 Å². The fraction of sp³-hybridized carbons (Fsp3) is 0.409. The summed E-state index contributed by atoms with van der Waals surface area (Å²) >= 11 is 6.41. The highest BCUT2D eigenvalue weighted by atomic mass is 35.5. The van der Waals surface area contributed by atoms with Crippen LogP contribution in [0.3, 0.4) is 0 Å². The third-order valence-corrected chi connectivity index (χ3v) is 6.09. The summed E-state index contributed by atoms with van der Waals surface area (Å²) in [5.41, 5.74) is 8.84. The van der Waals surface area contributed by atoms with E-state index in [0.29, 0.717) is 35.8 Å². The molecule has 2 aliphatic rings. The summed E-state index contributed by atoms with van der Waals surface area (Å²) in [6, 6.07) is 9.74. The fourth-order valence-corrected chi connectivity index (χ4v) is 4.00. The highest BCUT2D eigenvalue weighted by molar-refractivity contribution is 6.30. The molecule has 1 aromatic carbocycles. The molecule has 1 amide bonds. The Morgan fingerprint density at radius 2 is 2.10 bits per heavy atom. The van der Waals surface area contributed by atoms with Gasteiger partial charge in [-0.15, -0.1) is 0 Å². The molecule has 4 rings (SSSR count). The van der Waals surface area contributed by atoms with E-state index in [4.69, 9.17) is 27.3 Å². The van der Waals surface area contributed by atoms with Gasteiger partial charge in [-0.1, -0.05) is 30.7 Å². The summed E-state index contributed by atoms with van der Waals surface area (Å²) in [5, 5.41) is 4.04. The summed E-state index contributed by atoms with van der Waals surface area (Å²) in [4.78, 5) is 23.1. The summed E-state index contributed by atoms with van der Waals surface area (Å²) < 4.78 is 0. The smallest absolute Gasteiger partial charge is 0.248 e. The molecule has 152 valence electrons. The van der Waals surface area contributed by atoms with E-state index < -0.39 is 5.91 Å². The normalized spacial score (nSPS) is 18.3. The zero-order chi connectivity index (χ0) is 20.5. The maximum absolute atomic E-state index is 11.2. The average Bonchev–Trinajstić information content (AvgIpc) is 3.56. The molecule has 0 saturated heterocycles. The summed E-state index contributed by atoms with van der Waals surface area (Å²) in [6.07, 6.45) is 3.36. The lowest BCUT2D eigenvalue weighted by atomic mass is 10.1. The number of nitrogens with zero attached hydrogens (tertiary/aromatic N) is 3. The molecule has 6 nitrogen and oxygen atoms in total. The maximum Gasteiger partial charge on any atom is 0.248 e. The standard InChI is InChI=1S/C22H26ClN5O/c1-3-15-10-18-22(27-20(15)23)28(13(2)16-8-9-16)12-19(26-18)25-11-14-4-6-17(7-5-14)21(24)29/h4-7,10,13,16H,3,8-9,11-12H2,1-2H3,(H2,24,29)(H,25,26). The van der Waals surface area contributed by atoms with E-state index in [0.717, 1.165) is 34.9 Å². The Bertz CT molecular complexity index is 952. The molecule has 2 aromatic rings. The SMILES string of the molecule is CCc1cc2c(nc1Cl)N(C(C)C1CC1)CC(=NCc1ccc(C(N)=O)cc1)N2. The predicted molar refractivity (Wildman–Crippen MR) is 118 cm³/mol. The number of nitrogens with one attached hydrogen (secondary N) is 1. The zero-order valence-corrected chi connectivity index (χ0v) is 17.5. The van der Waals surface area contributed by atoms with Crippen molar-refractivity contribution in [2.24, 2.45) is 16.6 Å². The second-order valence-electron chi connectivity index (χ2n) is 7.82. The largest absolute Gasteiger partial charge is 0.366 e. The minimum absolute atomic E-state index is 0.395. The lowest BCUT2D eigenvalue weighted by molar-refractivity contribution is 0.100. The number of fused-ring (bicyclic) bond motifs is 1. The molecule has 7 heteroatoms. The van der Waals surface area contributed by atoms with Crippen molar-refractivity contribution in [3.63, 3.8) is 0 Å². The number of aryl methyl sites for hydroxylation is 1. The fourth-order valence-electron chi connectivity index (χ4n) is 3.73. The van der Waals surface area contributed by atoms with Crippen molar-refractivity contribution in [3.05, 3.63) is 52.2 Å². The number of pyridine rings is 1. The molecular formula is C22H26ClN5O. The Morgan fingerprint density at radius 3 is 2.72 bits per heavy atom. The molecule has 1 aromatic heterocycles. The summed E-state index contributed by atoms with van der Waals surface area (Å²) in [5.74, 6) is 2.11. The van der Waals surface area contributed by atoms with Crippen LogP contribution in [0.2, 0.25) is 5.15 Å². The lowest BCUT2D eigenvalue weighted by Crippen LogP contribution is -2.45. The highest BCUT2D eigenvalue weighted by Crippen LogP contribution is 2.40. The molecule has 1 saturated carbocycles. The molecule has 0 spiro atoms. The van der Waals surface area contributed by atoms with Crippen LogP contribution in [0.1, 0.15) is 48.2 Å². The van der Waals surface area contributed by atoms with Crippen LogP contribution in [-0.4, -0.2) is 29.3 Å². The zero-order valence-electron chi connectivity index (χ0n) is 16.8. The van der Waals surface area contributed by atoms with Gasteiger partial charge in [0.15, 0.2) is 5.82 Å². The van der Waals surface area contributed by atoms with Crippen LogP contribution in [0.5, 0.6) is 0 Å². The van der Waals surface area contributed by atoms with Gasteiger partial charge in [0.2, 0.25) is 5.91 Å². The van der Waals surface area contributed by atoms with Crippen LogP contribution in [0.15, 0.2) is 35.3 Å². The van der Waals surface area contributed by atoms with Crippen LogP contribution in [-0.2, 0) is 13.0 Å². The number of amides is 1. The van der Waals surface area contributed by atoms with E-state index in [1.165, 1.54) is 12.8 Å². The van der Waals surface area contributed by atoms with Crippen LogP contribution in [0.25, 0.3) is 0 Å². The minimum atomic E-state index is -0.420. The summed E-state index contributed by atoms with van der Waals surface area (Å²) in [6.45, 7) is 5.55. The molecule has 3 N–H and O–H groups in total. The second-order valence-corrected chi connectivity index (χ2v) is 8.18. The molecule has 0 radical (unpaired) electrons. The molecule has 0 bridgehead atoms. The van der Waals surface area contributed by atoms with E-state index >= 15 is 0 Å². The monoisotopic (exact) mass is 411 g/mol. The van der Waals surface area contributed by atoms with Gasteiger partial charge in [-0.3, -0.25) is 9.79 Å². The quantitative estimate of drug-likeness (QED) is 0.703. The Balaban J connectivity index is 1.60. The van der Waals surface area contributed by atoms with Gasteiger partial charge in [0.05, 0.1) is 18.8 Å². The first kappa shape index (κ1) is 19.7. The van der Waals surface area contributed by atoms with Crippen molar-refractivity contribution in [2.75, 3.05) is 16.8 Å². The highest BCUT2D eigenvalue weighted by Gasteiger charge is 2.36. The van der Waals surface area contributed by atoms with Gasteiger partial charge in [0, 0.05) is 11.6 Å². The number of carbonyl (C=O) groups excluding carboxylic acids is 1. The van der Waals surface area contributed by atoms with Gasteiger partial charge in [-0.2, -0.15) is 0 Å². The van der Waals surface area contributed by atoms with E-state index in [1.54, 1.807) is 12.1 Å². The van der Waals surface area contributed by atoms with Crippen molar-refractivity contribution >= 4 is 34.8 Å². The van der Waals surface area contributed by atoms with Gasteiger partial charge in [-0.25, -0.2) is 4.98 Å². The first-order valence-electron chi connectivity index (χ1n) is 10.1. The Hall–Kier alpha value is -2.60. The van der Waals surface area contributed by atoms with Crippen LogP contribution in [0.4, 0.5) is 11.5 Å². The van der Waals surface area contributed by atoms with Crippen molar-refractivity contribution in [2.45, 2.75) is 45.7 Å². The number of aliphatic imine (C=N–C) groups is 1. The van der Waals surface area contributed by atoms with Crippen LogP contribution < -0.4 is 16.0 Å². The number of carbonyl (C=O) groups is 1. The van der Waals surface area contributed by atoms with Crippen molar-refractivity contribution in [1.29, 1.82) is 0 Å². The number of hydrogen-bond acceptors (Lipinski definition) is 4.